The molecular weight excluding hydrogens is 288 g/mol. The maximum absolute atomic E-state index is 12.3. The van der Waals surface area contributed by atoms with Crippen LogP contribution in [0, 0.1) is 0 Å². The predicted octanol–water partition coefficient (Wildman–Crippen LogP) is 1.09. The molecule has 114 valence electrons. The summed E-state index contributed by atoms with van der Waals surface area (Å²) >= 11 is 1.78. The van der Waals surface area contributed by atoms with Crippen LogP contribution in [0.15, 0.2) is 24.3 Å². The summed E-state index contributed by atoms with van der Waals surface area (Å²) in [5.41, 5.74) is 1.07. The van der Waals surface area contributed by atoms with Gasteiger partial charge >= 0.3 is 5.97 Å². The molecule has 1 aliphatic heterocycles. The molecule has 0 saturated carbocycles. The van der Waals surface area contributed by atoms with E-state index in [1.165, 1.54) is 0 Å². The van der Waals surface area contributed by atoms with Gasteiger partial charge in [0, 0.05) is 31.6 Å². The Labute approximate surface area is 128 Å². The third-order valence-corrected chi connectivity index (χ3v) is 4.62. The second-order valence-corrected chi connectivity index (χ2v) is 6.20. The summed E-state index contributed by atoms with van der Waals surface area (Å²) in [6.07, 6.45) is 0.546. The molecule has 0 aliphatic carbocycles. The second kappa shape index (κ2) is 7.47. The fourth-order valence-electron chi connectivity index (χ4n) is 2.34. The summed E-state index contributed by atoms with van der Waals surface area (Å²) < 4.78 is 0. The molecule has 2 rings (SSSR count). The minimum Gasteiger partial charge on any atom is -0.478 e. The minimum absolute atomic E-state index is 0.0787. The van der Waals surface area contributed by atoms with Gasteiger partial charge in [-0.25, -0.2) is 4.79 Å². The smallest absolute Gasteiger partial charge is 0.335 e. The van der Waals surface area contributed by atoms with Crippen molar-refractivity contribution in [1.82, 2.24) is 10.2 Å². The van der Waals surface area contributed by atoms with Crippen LogP contribution >= 0.6 is 11.8 Å². The molecule has 6 heteroatoms. The Morgan fingerprint density at radius 3 is 2.86 bits per heavy atom. The molecule has 0 spiro atoms. The fourth-order valence-corrected chi connectivity index (χ4v) is 3.26. The van der Waals surface area contributed by atoms with Gasteiger partial charge in [-0.15, -0.1) is 0 Å². The highest BCUT2D eigenvalue weighted by Crippen LogP contribution is 2.12. The van der Waals surface area contributed by atoms with E-state index in [2.05, 4.69) is 5.32 Å². The summed E-state index contributed by atoms with van der Waals surface area (Å²) in [5.74, 6) is 0.994. The molecule has 21 heavy (non-hydrogen) atoms. The molecule has 1 amide bonds. The number of thioether (sulfide) groups is 1. The van der Waals surface area contributed by atoms with Crippen LogP contribution in [0.5, 0.6) is 0 Å². The molecular formula is C15H20N2O3S. The first-order chi connectivity index (χ1) is 10.1. The number of hydrogen-bond acceptors (Lipinski definition) is 4. The number of likely N-dealkylation sites (N-methyl/N-ethyl adjacent to an activating group) is 1. The van der Waals surface area contributed by atoms with E-state index in [1.807, 2.05) is 6.07 Å². The first-order valence-corrected chi connectivity index (χ1v) is 8.12. The second-order valence-electron chi connectivity index (χ2n) is 5.05. The van der Waals surface area contributed by atoms with Crippen molar-refractivity contribution >= 4 is 23.6 Å². The Balaban J connectivity index is 1.93. The van der Waals surface area contributed by atoms with E-state index in [0.717, 1.165) is 23.6 Å². The van der Waals surface area contributed by atoms with E-state index in [-0.39, 0.29) is 11.9 Å². The average Bonchev–Trinajstić information content (AvgIpc) is 2.52. The van der Waals surface area contributed by atoms with Crippen molar-refractivity contribution < 1.29 is 14.7 Å². The molecule has 5 nitrogen and oxygen atoms in total. The number of carboxylic acid groups (broad SMARTS) is 1. The molecule has 1 saturated heterocycles. The summed E-state index contributed by atoms with van der Waals surface area (Å²) in [6, 6.07) is 6.81. The SMILES string of the molecule is CN(CCc1ccccc1C(=O)O)C(=O)C1CSCCN1. The highest BCUT2D eigenvalue weighted by Gasteiger charge is 2.23. The molecule has 1 aromatic rings. The summed E-state index contributed by atoms with van der Waals surface area (Å²) in [6.45, 7) is 1.38. The lowest BCUT2D eigenvalue weighted by Crippen LogP contribution is -2.49. The number of nitrogens with one attached hydrogen (secondary N) is 1. The number of benzene rings is 1. The van der Waals surface area contributed by atoms with Crippen LogP contribution in [-0.2, 0) is 11.2 Å². The first kappa shape index (κ1) is 15.9. The number of hydrogen-bond donors (Lipinski definition) is 2. The van der Waals surface area contributed by atoms with Gasteiger partial charge in [0.2, 0.25) is 5.91 Å². The van der Waals surface area contributed by atoms with Gasteiger partial charge in [0.05, 0.1) is 11.6 Å². The average molecular weight is 308 g/mol. The normalized spacial score (nSPS) is 18.2. The Hall–Kier alpha value is -1.53. The number of carbonyl (C=O) groups is 2. The molecule has 1 aliphatic rings. The van der Waals surface area contributed by atoms with Crippen LogP contribution in [0.1, 0.15) is 15.9 Å². The van der Waals surface area contributed by atoms with Gasteiger partial charge < -0.3 is 15.3 Å². The summed E-state index contributed by atoms with van der Waals surface area (Å²) in [5, 5.41) is 12.4. The Kier molecular flexibility index (Phi) is 5.64. The monoisotopic (exact) mass is 308 g/mol. The van der Waals surface area contributed by atoms with E-state index >= 15 is 0 Å². The zero-order valence-corrected chi connectivity index (χ0v) is 12.9. The van der Waals surface area contributed by atoms with Crippen molar-refractivity contribution in [3.8, 4) is 0 Å². The van der Waals surface area contributed by atoms with Gasteiger partial charge in [-0.1, -0.05) is 18.2 Å². The van der Waals surface area contributed by atoms with Gasteiger partial charge in [-0.05, 0) is 18.1 Å². The van der Waals surface area contributed by atoms with Crippen molar-refractivity contribution in [2.45, 2.75) is 12.5 Å². The molecule has 2 N–H and O–H groups in total. The lowest BCUT2D eigenvalue weighted by Gasteiger charge is -2.27. The van der Waals surface area contributed by atoms with Gasteiger partial charge in [-0.2, -0.15) is 11.8 Å². The Morgan fingerprint density at radius 2 is 2.19 bits per heavy atom. The van der Waals surface area contributed by atoms with E-state index in [9.17, 15) is 9.59 Å². The lowest BCUT2D eigenvalue weighted by atomic mass is 10.0. The van der Waals surface area contributed by atoms with E-state index in [4.69, 9.17) is 5.11 Å². The van der Waals surface area contributed by atoms with Gasteiger partial charge in [0.15, 0.2) is 0 Å². The van der Waals surface area contributed by atoms with Crippen molar-refractivity contribution in [3.05, 3.63) is 35.4 Å². The van der Waals surface area contributed by atoms with Crippen LogP contribution in [0.4, 0.5) is 0 Å². The van der Waals surface area contributed by atoms with Crippen LogP contribution in [0.3, 0.4) is 0 Å². The van der Waals surface area contributed by atoms with E-state index in [0.29, 0.717) is 18.5 Å². The largest absolute Gasteiger partial charge is 0.478 e. The molecule has 0 bridgehead atoms. The summed E-state index contributed by atoms with van der Waals surface area (Å²) in [4.78, 5) is 25.1. The molecule has 0 aromatic heterocycles. The van der Waals surface area contributed by atoms with Gasteiger partial charge in [-0.3, -0.25) is 4.79 Å². The van der Waals surface area contributed by atoms with E-state index in [1.54, 1.807) is 41.9 Å². The molecule has 1 unspecified atom stereocenters. The Morgan fingerprint density at radius 1 is 1.43 bits per heavy atom. The van der Waals surface area contributed by atoms with Crippen molar-refractivity contribution in [2.24, 2.45) is 0 Å². The maximum atomic E-state index is 12.3. The third-order valence-electron chi connectivity index (χ3n) is 3.56. The third kappa shape index (κ3) is 4.22. The van der Waals surface area contributed by atoms with Crippen LogP contribution in [0.25, 0.3) is 0 Å². The molecule has 0 radical (unpaired) electrons. The number of carbonyl (C=O) groups excluding carboxylic acids is 1. The number of nitrogens with zero attached hydrogens (tertiary/aromatic N) is 1. The number of aromatic carboxylic acids is 1. The zero-order chi connectivity index (χ0) is 15.2. The number of amides is 1. The molecule has 1 fully saturated rings. The summed E-state index contributed by atoms with van der Waals surface area (Å²) in [7, 11) is 1.77. The quantitative estimate of drug-likeness (QED) is 0.852. The Bertz CT molecular complexity index is 515. The van der Waals surface area contributed by atoms with Crippen LogP contribution < -0.4 is 5.32 Å². The van der Waals surface area contributed by atoms with E-state index < -0.39 is 5.97 Å². The molecule has 1 heterocycles. The topological polar surface area (TPSA) is 69.6 Å². The van der Waals surface area contributed by atoms with Crippen molar-refractivity contribution in [2.75, 3.05) is 31.6 Å². The fraction of sp³-hybridized carbons (Fsp3) is 0.467. The molecule has 1 aromatic carbocycles. The minimum atomic E-state index is -0.926. The lowest BCUT2D eigenvalue weighted by molar-refractivity contribution is -0.131. The standard InChI is InChI=1S/C15H20N2O3S/c1-17(14(18)13-10-21-9-7-16-13)8-6-11-4-2-3-5-12(11)15(19)20/h2-5,13,16H,6-10H2,1H3,(H,19,20). The zero-order valence-electron chi connectivity index (χ0n) is 12.0. The highest BCUT2D eigenvalue weighted by atomic mass is 32.2. The first-order valence-electron chi connectivity index (χ1n) is 6.97. The number of carboxylic acids is 1. The maximum Gasteiger partial charge on any atom is 0.335 e. The van der Waals surface area contributed by atoms with Gasteiger partial charge in [0.1, 0.15) is 0 Å². The van der Waals surface area contributed by atoms with Crippen LogP contribution in [0.2, 0.25) is 0 Å². The van der Waals surface area contributed by atoms with Crippen LogP contribution in [-0.4, -0.2) is 59.6 Å². The van der Waals surface area contributed by atoms with Crippen molar-refractivity contribution in [1.29, 1.82) is 0 Å². The highest BCUT2D eigenvalue weighted by molar-refractivity contribution is 7.99. The predicted molar refractivity (Wildman–Crippen MR) is 83.9 cm³/mol. The molecule has 1 atom stereocenters. The van der Waals surface area contributed by atoms with Gasteiger partial charge in [0.25, 0.3) is 0 Å². The van der Waals surface area contributed by atoms with Crippen molar-refractivity contribution in [3.63, 3.8) is 0 Å². The number of rotatable bonds is 5.